The molecule has 3 nitrogen and oxygen atoms in total. The summed E-state index contributed by atoms with van der Waals surface area (Å²) in [6.45, 7) is 7.95. The predicted molar refractivity (Wildman–Crippen MR) is 76.9 cm³/mol. The van der Waals surface area contributed by atoms with E-state index in [1.54, 1.807) is 12.0 Å². The van der Waals surface area contributed by atoms with Gasteiger partial charge in [0.2, 0.25) is 0 Å². The molecule has 0 saturated heterocycles. The number of hydrogen-bond donors (Lipinski definition) is 1. The molecule has 0 bridgehead atoms. The zero-order chi connectivity index (χ0) is 13.2. The van der Waals surface area contributed by atoms with Crippen LogP contribution in [0.1, 0.15) is 24.3 Å². The number of thiophene rings is 1. The van der Waals surface area contributed by atoms with Crippen LogP contribution in [0, 0.1) is 5.92 Å². The lowest BCUT2D eigenvalue weighted by molar-refractivity contribution is -0.0240. The molecule has 2 N–H and O–H groups in total. The normalized spacial score (nSPS) is 19.8. The fraction of sp³-hybridized carbons (Fsp3) is 0.714. The summed E-state index contributed by atoms with van der Waals surface area (Å²) in [6.07, 6.45) is 1.14. The number of fused-ring (bicyclic) bond motifs is 1. The molecule has 1 aromatic heterocycles. The van der Waals surface area contributed by atoms with Crippen molar-refractivity contribution < 1.29 is 4.74 Å². The van der Waals surface area contributed by atoms with Gasteiger partial charge in [-0.25, -0.2) is 0 Å². The Morgan fingerprint density at radius 1 is 1.56 bits per heavy atom. The summed E-state index contributed by atoms with van der Waals surface area (Å²) in [4.78, 5) is 4.06. The van der Waals surface area contributed by atoms with Gasteiger partial charge >= 0.3 is 0 Å². The maximum atomic E-state index is 6.10. The summed E-state index contributed by atoms with van der Waals surface area (Å²) in [5.41, 5.74) is 7.54. The first-order valence-electron chi connectivity index (χ1n) is 6.63. The Morgan fingerprint density at radius 3 is 2.94 bits per heavy atom. The Kier molecular flexibility index (Phi) is 4.43. The van der Waals surface area contributed by atoms with Crippen molar-refractivity contribution in [2.75, 3.05) is 26.8 Å². The molecule has 1 aliphatic heterocycles. The molecule has 1 atom stereocenters. The van der Waals surface area contributed by atoms with Crippen molar-refractivity contribution in [1.29, 1.82) is 0 Å². The van der Waals surface area contributed by atoms with Crippen LogP contribution in [0.4, 0.5) is 0 Å². The lowest BCUT2D eigenvalue weighted by Gasteiger charge is -2.47. The quantitative estimate of drug-likeness (QED) is 0.889. The molecule has 0 aromatic carbocycles. The molecule has 102 valence electrons. The average molecular weight is 268 g/mol. The van der Waals surface area contributed by atoms with Crippen LogP contribution in [0.25, 0.3) is 0 Å². The van der Waals surface area contributed by atoms with Crippen LogP contribution >= 0.6 is 11.3 Å². The second-order valence-corrected chi connectivity index (χ2v) is 6.44. The third-order valence-electron chi connectivity index (χ3n) is 4.26. The van der Waals surface area contributed by atoms with Crippen molar-refractivity contribution in [3.8, 4) is 0 Å². The Morgan fingerprint density at radius 2 is 2.33 bits per heavy atom. The first-order chi connectivity index (χ1) is 8.64. The number of methoxy groups -OCH3 is 1. The topological polar surface area (TPSA) is 38.5 Å². The van der Waals surface area contributed by atoms with Crippen molar-refractivity contribution in [3.05, 3.63) is 21.9 Å². The molecule has 0 amide bonds. The third kappa shape index (κ3) is 2.35. The molecule has 2 heterocycles. The van der Waals surface area contributed by atoms with Crippen LogP contribution in [-0.2, 0) is 17.7 Å². The monoisotopic (exact) mass is 268 g/mol. The van der Waals surface area contributed by atoms with Gasteiger partial charge in [0, 0.05) is 31.6 Å². The standard InChI is InChI=1S/C14H24N2OS/c1-11(2)14(9-15,10-17-3)16-6-4-13-12(8-16)5-7-18-13/h5,7,11H,4,6,8-10,15H2,1-3H3. The molecule has 0 spiro atoms. The Balaban J connectivity index is 2.23. The molecule has 18 heavy (non-hydrogen) atoms. The zero-order valence-corrected chi connectivity index (χ0v) is 12.4. The van der Waals surface area contributed by atoms with Gasteiger partial charge in [-0.05, 0) is 29.3 Å². The van der Waals surface area contributed by atoms with E-state index >= 15 is 0 Å². The molecule has 0 saturated carbocycles. The molecule has 2 rings (SSSR count). The Bertz CT molecular complexity index is 391. The van der Waals surface area contributed by atoms with Gasteiger partial charge < -0.3 is 10.5 Å². The summed E-state index contributed by atoms with van der Waals surface area (Å²) in [5.74, 6) is 0.489. The first kappa shape index (κ1) is 14.0. The summed E-state index contributed by atoms with van der Waals surface area (Å²) >= 11 is 1.88. The second kappa shape index (κ2) is 5.70. The molecule has 1 aromatic rings. The highest BCUT2D eigenvalue weighted by Gasteiger charge is 2.40. The number of nitrogens with zero attached hydrogens (tertiary/aromatic N) is 1. The highest BCUT2D eigenvalue weighted by molar-refractivity contribution is 7.10. The zero-order valence-electron chi connectivity index (χ0n) is 11.6. The van der Waals surface area contributed by atoms with Crippen molar-refractivity contribution >= 4 is 11.3 Å². The first-order valence-corrected chi connectivity index (χ1v) is 7.51. The highest BCUT2D eigenvalue weighted by Crippen LogP contribution is 2.32. The highest BCUT2D eigenvalue weighted by atomic mass is 32.1. The van der Waals surface area contributed by atoms with E-state index in [1.807, 2.05) is 11.3 Å². The molecule has 1 aliphatic rings. The van der Waals surface area contributed by atoms with E-state index in [4.69, 9.17) is 10.5 Å². The van der Waals surface area contributed by atoms with E-state index < -0.39 is 0 Å². The lowest BCUT2D eigenvalue weighted by atomic mass is 9.83. The molecular weight excluding hydrogens is 244 g/mol. The van der Waals surface area contributed by atoms with Crippen LogP contribution in [0.3, 0.4) is 0 Å². The molecular formula is C14H24N2OS. The molecule has 0 fully saturated rings. The average Bonchev–Trinajstić information content (AvgIpc) is 2.82. The fourth-order valence-corrected chi connectivity index (χ4v) is 3.82. The molecule has 1 unspecified atom stereocenters. The van der Waals surface area contributed by atoms with Crippen LogP contribution in [0.2, 0.25) is 0 Å². The van der Waals surface area contributed by atoms with Gasteiger partial charge in [-0.1, -0.05) is 13.8 Å². The van der Waals surface area contributed by atoms with Gasteiger partial charge in [-0.3, -0.25) is 4.90 Å². The minimum absolute atomic E-state index is 0.0334. The van der Waals surface area contributed by atoms with E-state index in [2.05, 4.69) is 30.2 Å². The maximum Gasteiger partial charge on any atom is 0.0661 e. The number of hydrogen-bond acceptors (Lipinski definition) is 4. The number of ether oxygens (including phenoxy) is 1. The Labute approximate surface area is 114 Å². The van der Waals surface area contributed by atoms with Crippen molar-refractivity contribution in [2.24, 2.45) is 11.7 Å². The van der Waals surface area contributed by atoms with Crippen molar-refractivity contribution in [2.45, 2.75) is 32.4 Å². The number of rotatable bonds is 5. The molecule has 4 heteroatoms. The number of nitrogens with two attached hydrogens (primary N) is 1. The van der Waals surface area contributed by atoms with E-state index in [0.717, 1.165) is 19.5 Å². The van der Waals surface area contributed by atoms with Gasteiger partial charge in [0.15, 0.2) is 0 Å². The van der Waals surface area contributed by atoms with E-state index in [1.165, 1.54) is 5.56 Å². The minimum Gasteiger partial charge on any atom is -0.383 e. The van der Waals surface area contributed by atoms with Gasteiger partial charge in [-0.2, -0.15) is 0 Å². The summed E-state index contributed by atoms with van der Waals surface area (Å²) in [7, 11) is 1.77. The van der Waals surface area contributed by atoms with Crippen molar-refractivity contribution in [1.82, 2.24) is 4.90 Å². The SMILES string of the molecule is COCC(CN)(C(C)C)N1CCc2sccc2C1. The smallest absolute Gasteiger partial charge is 0.0661 e. The Hall–Kier alpha value is -0.420. The third-order valence-corrected chi connectivity index (χ3v) is 5.28. The van der Waals surface area contributed by atoms with Gasteiger partial charge in [0.05, 0.1) is 12.1 Å². The van der Waals surface area contributed by atoms with Gasteiger partial charge in [-0.15, -0.1) is 11.3 Å². The molecule has 0 radical (unpaired) electrons. The lowest BCUT2D eigenvalue weighted by Crippen LogP contribution is -2.61. The van der Waals surface area contributed by atoms with E-state index in [9.17, 15) is 0 Å². The van der Waals surface area contributed by atoms with Crippen molar-refractivity contribution in [3.63, 3.8) is 0 Å². The van der Waals surface area contributed by atoms with Gasteiger partial charge in [0.25, 0.3) is 0 Å². The van der Waals surface area contributed by atoms with Crippen LogP contribution < -0.4 is 5.73 Å². The van der Waals surface area contributed by atoms with E-state index in [0.29, 0.717) is 19.1 Å². The predicted octanol–water partition coefficient (Wildman–Crippen LogP) is 2.11. The maximum absolute atomic E-state index is 6.10. The largest absolute Gasteiger partial charge is 0.383 e. The minimum atomic E-state index is -0.0334. The van der Waals surface area contributed by atoms with Crippen LogP contribution in [0.5, 0.6) is 0 Å². The van der Waals surface area contributed by atoms with Crippen LogP contribution in [-0.4, -0.2) is 37.2 Å². The van der Waals surface area contributed by atoms with Crippen LogP contribution in [0.15, 0.2) is 11.4 Å². The van der Waals surface area contributed by atoms with Gasteiger partial charge in [0.1, 0.15) is 0 Å². The molecule has 0 aliphatic carbocycles. The summed E-state index contributed by atoms with van der Waals surface area (Å²) in [6, 6.07) is 2.25. The second-order valence-electron chi connectivity index (χ2n) is 5.44. The summed E-state index contributed by atoms with van der Waals surface area (Å²) < 4.78 is 5.46. The van der Waals surface area contributed by atoms with E-state index in [-0.39, 0.29) is 5.54 Å². The fourth-order valence-electron chi connectivity index (χ4n) is 2.93. The summed E-state index contributed by atoms with van der Waals surface area (Å²) in [5, 5.41) is 2.20.